The molecule has 0 spiro atoms. The van der Waals surface area contributed by atoms with Gasteiger partial charge in [-0.2, -0.15) is 0 Å². The fourth-order valence-corrected chi connectivity index (χ4v) is 2.91. The fourth-order valence-electron chi connectivity index (χ4n) is 2.25. The van der Waals surface area contributed by atoms with Gasteiger partial charge in [0.1, 0.15) is 5.01 Å². The summed E-state index contributed by atoms with van der Waals surface area (Å²) in [5.74, 6) is 0. The van der Waals surface area contributed by atoms with Gasteiger partial charge < -0.3 is 10.5 Å². The van der Waals surface area contributed by atoms with Crippen molar-refractivity contribution in [1.29, 1.82) is 0 Å². The van der Waals surface area contributed by atoms with Crippen LogP contribution in [0.25, 0.3) is 0 Å². The van der Waals surface area contributed by atoms with E-state index in [0.29, 0.717) is 24.7 Å². The number of ether oxygens (including phenoxy) is 1. The number of hydrogen-bond donors (Lipinski definition) is 1. The Bertz CT molecular complexity index is 352. The summed E-state index contributed by atoms with van der Waals surface area (Å²) in [7, 11) is 0. The predicted octanol–water partition coefficient (Wildman–Crippen LogP) is 3.09. The van der Waals surface area contributed by atoms with E-state index in [9.17, 15) is 0 Å². The van der Waals surface area contributed by atoms with Crippen LogP contribution in [0.2, 0.25) is 0 Å². The summed E-state index contributed by atoms with van der Waals surface area (Å²) in [6, 6.07) is 0. The molecule has 17 heavy (non-hydrogen) atoms. The molecule has 0 radical (unpaired) electrons. The Hall–Kier alpha value is -0.450. The zero-order valence-electron chi connectivity index (χ0n) is 10.7. The van der Waals surface area contributed by atoms with E-state index in [1.165, 1.54) is 25.7 Å². The smallest absolute Gasteiger partial charge is 0.107 e. The van der Waals surface area contributed by atoms with Gasteiger partial charge in [-0.1, -0.05) is 13.8 Å². The van der Waals surface area contributed by atoms with Gasteiger partial charge in [-0.15, -0.1) is 11.3 Å². The zero-order chi connectivity index (χ0) is 12.3. The van der Waals surface area contributed by atoms with E-state index in [1.54, 1.807) is 11.3 Å². The molecule has 1 aromatic heterocycles. The van der Waals surface area contributed by atoms with Crippen molar-refractivity contribution in [3.8, 4) is 0 Å². The number of thiazole rings is 1. The van der Waals surface area contributed by atoms with Crippen LogP contribution in [-0.2, 0) is 17.9 Å². The van der Waals surface area contributed by atoms with Gasteiger partial charge in [0.25, 0.3) is 0 Å². The molecule has 2 N–H and O–H groups in total. The summed E-state index contributed by atoms with van der Waals surface area (Å²) in [5.41, 5.74) is 7.07. The molecule has 0 amide bonds. The lowest BCUT2D eigenvalue weighted by Gasteiger charge is -2.34. The molecule has 0 aliphatic heterocycles. The van der Waals surface area contributed by atoms with Crippen LogP contribution in [0.5, 0.6) is 0 Å². The van der Waals surface area contributed by atoms with Crippen LogP contribution >= 0.6 is 11.3 Å². The summed E-state index contributed by atoms with van der Waals surface area (Å²) in [6.07, 6.45) is 5.32. The van der Waals surface area contributed by atoms with Crippen molar-refractivity contribution in [3.63, 3.8) is 0 Å². The number of nitrogens with zero attached hydrogens (tertiary/aromatic N) is 1. The van der Waals surface area contributed by atoms with Crippen molar-refractivity contribution >= 4 is 11.3 Å². The summed E-state index contributed by atoms with van der Waals surface area (Å²) in [5, 5.41) is 3.04. The van der Waals surface area contributed by atoms with Crippen LogP contribution in [0.4, 0.5) is 0 Å². The van der Waals surface area contributed by atoms with E-state index >= 15 is 0 Å². The maximum absolute atomic E-state index is 5.92. The van der Waals surface area contributed by atoms with E-state index in [4.69, 9.17) is 10.5 Å². The average Bonchev–Trinajstić information content (AvgIpc) is 2.75. The molecule has 1 heterocycles. The first-order valence-corrected chi connectivity index (χ1v) is 7.22. The van der Waals surface area contributed by atoms with E-state index in [2.05, 4.69) is 24.2 Å². The molecule has 1 fully saturated rings. The Balaban J connectivity index is 1.75. The second kappa shape index (κ2) is 5.46. The normalized spacial score (nSPS) is 20.6. The molecule has 0 unspecified atom stereocenters. The molecule has 0 aromatic carbocycles. The summed E-state index contributed by atoms with van der Waals surface area (Å²) in [4.78, 5) is 4.41. The molecule has 1 aliphatic carbocycles. The van der Waals surface area contributed by atoms with E-state index in [0.717, 1.165) is 10.7 Å². The molecule has 0 atom stereocenters. The Kier molecular flexibility index (Phi) is 4.17. The largest absolute Gasteiger partial charge is 0.372 e. The molecule has 2 rings (SSSR count). The number of hydrogen-bond acceptors (Lipinski definition) is 4. The Morgan fingerprint density at radius 1 is 1.47 bits per heavy atom. The molecular formula is C13H22N2OS. The molecule has 3 nitrogen and oxygen atoms in total. The summed E-state index contributed by atoms with van der Waals surface area (Å²) in [6.45, 7) is 5.86. The molecule has 0 bridgehead atoms. The van der Waals surface area contributed by atoms with Crippen LogP contribution in [0.1, 0.15) is 50.2 Å². The quantitative estimate of drug-likeness (QED) is 0.898. The van der Waals surface area contributed by atoms with Crippen LogP contribution in [-0.4, -0.2) is 11.1 Å². The van der Waals surface area contributed by atoms with E-state index in [1.807, 2.05) is 0 Å². The van der Waals surface area contributed by atoms with Gasteiger partial charge in [0.05, 0.1) is 18.4 Å². The second-order valence-electron chi connectivity index (χ2n) is 5.61. The number of aromatic nitrogens is 1. The number of rotatable bonds is 4. The van der Waals surface area contributed by atoms with Crippen molar-refractivity contribution in [1.82, 2.24) is 4.98 Å². The maximum Gasteiger partial charge on any atom is 0.107 e. The third-order valence-electron chi connectivity index (χ3n) is 3.53. The Labute approximate surface area is 107 Å². The van der Waals surface area contributed by atoms with Gasteiger partial charge >= 0.3 is 0 Å². The standard InChI is InChI=1S/C13H22N2OS/c1-13(2)5-3-11(4-6-13)16-8-10-9-17-12(7-14)15-10/h9,11H,3-8,14H2,1-2H3. The molecule has 1 saturated carbocycles. The van der Waals surface area contributed by atoms with Crippen LogP contribution < -0.4 is 5.73 Å². The lowest BCUT2D eigenvalue weighted by Crippen LogP contribution is -2.26. The molecule has 0 saturated heterocycles. The minimum absolute atomic E-state index is 0.422. The van der Waals surface area contributed by atoms with Gasteiger partial charge in [-0.3, -0.25) is 0 Å². The highest BCUT2D eigenvalue weighted by Crippen LogP contribution is 2.36. The third kappa shape index (κ3) is 3.76. The Morgan fingerprint density at radius 3 is 2.76 bits per heavy atom. The summed E-state index contributed by atoms with van der Waals surface area (Å²) >= 11 is 1.62. The highest BCUT2D eigenvalue weighted by molar-refractivity contribution is 7.09. The summed E-state index contributed by atoms with van der Waals surface area (Å²) < 4.78 is 5.92. The van der Waals surface area contributed by atoms with Gasteiger partial charge in [0, 0.05) is 11.9 Å². The third-order valence-corrected chi connectivity index (χ3v) is 4.45. The van der Waals surface area contributed by atoms with Gasteiger partial charge in [0.2, 0.25) is 0 Å². The van der Waals surface area contributed by atoms with Crippen molar-refractivity contribution in [3.05, 3.63) is 16.1 Å². The SMILES string of the molecule is CC1(C)CCC(OCc2csc(CN)n2)CC1. The molecule has 1 aromatic rings. The number of nitrogens with two attached hydrogens (primary N) is 1. The van der Waals surface area contributed by atoms with Crippen molar-refractivity contribution < 1.29 is 4.74 Å². The fraction of sp³-hybridized carbons (Fsp3) is 0.769. The lowest BCUT2D eigenvalue weighted by molar-refractivity contribution is -0.00673. The van der Waals surface area contributed by atoms with Gasteiger partial charge in [0.15, 0.2) is 0 Å². The zero-order valence-corrected chi connectivity index (χ0v) is 11.6. The first kappa shape index (κ1) is 13.0. The molecular weight excluding hydrogens is 232 g/mol. The first-order chi connectivity index (χ1) is 8.09. The van der Waals surface area contributed by atoms with Gasteiger partial charge in [-0.05, 0) is 31.1 Å². The van der Waals surface area contributed by atoms with Crippen molar-refractivity contribution in [2.24, 2.45) is 11.1 Å². The average molecular weight is 254 g/mol. The van der Waals surface area contributed by atoms with E-state index in [-0.39, 0.29) is 0 Å². The van der Waals surface area contributed by atoms with Crippen LogP contribution in [0, 0.1) is 5.41 Å². The van der Waals surface area contributed by atoms with Gasteiger partial charge in [-0.25, -0.2) is 4.98 Å². The monoisotopic (exact) mass is 254 g/mol. The van der Waals surface area contributed by atoms with Crippen molar-refractivity contribution in [2.75, 3.05) is 0 Å². The molecule has 4 heteroatoms. The highest BCUT2D eigenvalue weighted by atomic mass is 32.1. The van der Waals surface area contributed by atoms with Crippen molar-refractivity contribution in [2.45, 2.75) is 58.8 Å². The first-order valence-electron chi connectivity index (χ1n) is 6.34. The van der Waals surface area contributed by atoms with Crippen LogP contribution in [0.3, 0.4) is 0 Å². The molecule has 96 valence electrons. The molecule has 1 aliphatic rings. The van der Waals surface area contributed by atoms with E-state index < -0.39 is 0 Å². The minimum atomic E-state index is 0.422. The predicted molar refractivity (Wildman–Crippen MR) is 70.8 cm³/mol. The Morgan fingerprint density at radius 2 is 2.18 bits per heavy atom. The highest BCUT2D eigenvalue weighted by Gasteiger charge is 2.27. The minimum Gasteiger partial charge on any atom is -0.372 e. The topological polar surface area (TPSA) is 48.1 Å². The second-order valence-corrected chi connectivity index (χ2v) is 6.55. The lowest BCUT2D eigenvalue weighted by atomic mass is 9.76. The van der Waals surface area contributed by atoms with Crippen LogP contribution in [0.15, 0.2) is 5.38 Å². The maximum atomic E-state index is 5.92.